The van der Waals surface area contributed by atoms with E-state index in [0.29, 0.717) is 6.42 Å². The monoisotopic (exact) mass is 340 g/mol. The second-order valence-corrected chi connectivity index (χ2v) is 5.89. The van der Waals surface area contributed by atoms with Gasteiger partial charge in [0.25, 0.3) is 0 Å². The van der Waals surface area contributed by atoms with E-state index in [1.54, 1.807) is 0 Å². The van der Waals surface area contributed by atoms with Gasteiger partial charge in [0, 0.05) is 43.7 Å². The summed E-state index contributed by atoms with van der Waals surface area (Å²) in [6, 6.07) is 8.36. The van der Waals surface area contributed by atoms with Gasteiger partial charge < -0.3 is 9.64 Å². The number of nitrogens with zero attached hydrogens (tertiary/aromatic N) is 2. The predicted octanol–water partition coefficient (Wildman–Crippen LogP) is 2.13. The van der Waals surface area contributed by atoms with Crippen molar-refractivity contribution < 1.29 is 9.53 Å². The normalized spacial score (nSPS) is 17.1. The van der Waals surface area contributed by atoms with Gasteiger partial charge in [0.15, 0.2) is 0 Å². The molecule has 1 heterocycles. The van der Waals surface area contributed by atoms with Crippen molar-refractivity contribution in [1.29, 1.82) is 0 Å². The molecular weight excluding hydrogens is 320 g/mol. The molecule has 0 bridgehead atoms. The van der Waals surface area contributed by atoms with Gasteiger partial charge >= 0.3 is 5.97 Å². The van der Waals surface area contributed by atoms with Crippen molar-refractivity contribution >= 4 is 21.9 Å². The van der Waals surface area contributed by atoms with Crippen LogP contribution in [0.4, 0.5) is 0 Å². The third-order valence-corrected chi connectivity index (χ3v) is 4.45. The molecule has 0 aliphatic carbocycles. The molecule has 1 fully saturated rings. The fourth-order valence-electron chi connectivity index (χ4n) is 2.39. The molecule has 1 saturated heterocycles. The average molecular weight is 341 g/mol. The Morgan fingerprint density at radius 2 is 1.85 bits per heavy atom. The van der Waals surface area contributed by atoms with E-state index in [0.717, 1.165) is 39.3 Å². The Balaban J connectivity index is 1.74. The first-order chi connectivity index (χ1) is 9.69. The minimum absolute atomic E-state index is 0.124. The summed E-state index contributed by atoms with van der Waals surface area (Å²) in [5, 5.41) is 0. The number of esters is 1. The lowest BCUT2D eigenvalue weighted by Gasteiger charge is -2.34. The van der Waals surface area contributed by atoms with Crippen LogP contribution in [0.15, 0.2) is 28.7 Å². The number of carbonyl (C=O) groups is 1. The van der Waals surface area contributed by atoms with Crippen molar-refractivity contribution in [3.8, 4) is 0 Å². The van der Waals surface area contributed by atoms with Gasteiger partial charge in [0.05, 0.1) is 13.5 Å². The van der Waals surface area contributed by atoms with Gasteiger partial charge in [-0.05, 0) is 11.6 Å². The van der Waals surface area contributed by atoms with Crippen LogP contribution in [0.5, 0.6) is 0 Å². The molecule has 2 rings (SSSR count). The molecule has 0 unspecified atom stereocenters. The van der Waals surface area contributed by atoms with E-state index in [4.69, 9.17) is 0 Å². The van der Waals surface area contributed by atoms with Crippen molar-refractivity contribution in [1.82, 2.24) is 9.80 Å². The molecular formula is C15H21BrN2O2. The van der Waals surface area contributed by atoms with Crippen molar-refractivity contribution in [3.05, 3.63) is 34.3 Å². The number of ether oxygens (including phenoxy) is 1. The zero-order valence-corrected chi connectivity index (χ0v) is 13.4. The second kappa shape index (κ2) is 7.76. The number of hydrogen-bond donors (Lipinski definition) is 0. The van der Waals surface area contributed by atoms with Crippen molar-refractivity contribution in [2.45, 2.75) is 13.0 Å². The SMILES string of the molecule is COC(=O)CCN1CCN(Cc2ccccc2Br)CC1. The number of piperazine rings is 1. The lowest BCUT2D eigenvalue weighted by atomic mass is 10.2. The summed E-state index contributed by atoms with van der Waals surface area (Å²) in [4.78, 5) is 15.9. The minimum atomic E-state index is -0.124. The summed E-state index contributed by atoms with van der Waals surface area (Å²) in [5.41, 5.74) is 1.33. The number of halogens is 1. The Hall–Kier alpha value is -0.910. The summed E-state index contributed by atoms with van der Waals surface area (Å²) < 4.78 is 5.85. The van der Waals surface area contributed by atoms with Crippen molar-refractivity contribution in [2.75, 3.05) is 39.8 Å². The zero-order chi connectivity index (χ0) is 14.4. The summed E-state index contributed by atoms with van der Waals surface area (Å²) in [6.45, 7) is 5.90. The maximum absolute atomic E-state index is 11.1. The van der Waals surface area contributed by atoms with Gasteiger partial charge in [-0.15, -0.1) is 0 Å². The Kier molecular flexibility index (Phi) is 6.01. The first kappa shape index (κ1) is 15.5. The van der Waals surface area contributed by atoms with E-state index in [9.17, 15) is 4.79 Å². The molecule has 1 aromatic carbocycles. The highest BCUT2D eigenvalue weighted by molar-refractivity contribution is 9.10. The number of methoxy groups -OCH3 is 1. The van der Waals surface area contributed by atoms with E-state index in [1.807, 2.05) is 6.07 Å². The molecule has 0 aromatic heterocycles. The predicted molar refractivity (Wildman–Crippen MR) is 82.5 cm³/mol. The molecule has 5 heteroatoms. The Bertz CT molecular complexity index is 445. The molecule has 1 aromatic rings. The maximum Gasteiger partial charge on any atom is 0.306 e. The highest BCUT2D eigenvalue weighted by atomic mass is 79.9. The molecule has 1 aliphatic rings. The molecule has 0 spiro atoms. The molecule has 0 radical (unpaired) electrons. The largest absolute Gasteiger partial charge is 0.469 e. The number of carbonyl (C=O) groups excluding carboxylic acids is 1. The van der Waals surface area contributed by atoms with Crippen LogP contribution in [0.2, 0.25) is 0 Å². The van der Waals surface area contributed by atoms with E-state index in [-0.39, 0.29) is 5.97 Å². The summed E-state index contributed by atoms with van der Waals surface area (Å²) in [7, 11) is 1.44. The van der Waals surface area contributed by atoms with Gasteiger partial charge in [-0.3, -0.25) is 9.69 Å². The molecule has 4 nitrogen and oxygen atoms in total. The minimum Gasteiger partial charge on any atom is -0.469 e. The smallest absolute Gasteiger partial charge is 0.306 e. The third kappa shape index (κ3) is 4.58. The van der Waals surface area contributed by atoms with Crippen LogP contribution in [0.1, 0.15) is 12.0 Å². The first-order valence-corrected chi connectivity index (χ1v) is 7.73. The fourth-order valence-corrected chi connectivity index (χ4v) is 2.80. The average Bonchev–Trinajstić information content (AvgIpc) is 2.48. The fraction of sp³-hybridized carbons (Fsp3) is 0.533. The molecule has 0 N–H and O–H groups in total. The van der Waals surface area contributed by atoms with Crippen molar-refractivity contribution in [2.24, 2.45) is 0 Å². The molecule has 20 heavy (non-hydrogen) atoms. The highest BCUT2D eigenvalue weighted by Gasteiger charge is 2.18. The molecule has 0 atom stereocenters. The van der Waals surface area contributed by atoms with E-state index in [1.165, 1.54) is 17.1 Å². The van der Waals surface area contributed by atoms with Crippen LogP contribution in [0.25, 0.3) is 0 Å². The van der Waals surface area contributed by atoms with Gasteiger partial charge in [0.2, 0.25) is 0 Å². The van der Waals surface area contributed by atoms with E-state index < -0.39 is 0 Å². The zero-order valence-electron chi connectivity index (χ0n) is 11.8. The van der Waals surface area contributed by atoms with E-state index >= 15 is 0 Å². The molecule has 110 valence electrons. The molecule has 0 amide bonds. The first-order valence-electron chi connectivity index (χ1n) is 6.94. The summed E-state index contributed by atoms with van der Waals surface area (Å²) in [6.07, 6.45) is 0.487. The van der Waals surface area contributed by atoms with Gasteiger partial charge in [-0.25, -0.2) is 0 Å². The summed E-state index contributed by atoms with van der Waals surface area (Å²) in [5.74, 6) is -0.124. The highest BCUT2D eigenvalue weighted by Crippen LogP contribution is 2.18. The second-order valence-electron chi connectivity index (χ2n) is 5.04. The Morgan fingerprint density at radius 3 is 2.50 bits per heavy atom. The number of hydrogen-bond acceptors (Lipinski definition) is 4. The van der Waals surface area contributed by atoms with Crippen LogP contribution < -0.4 is 0 Å². The lowest BCUT2D eigenvalue weighted by molar-refractivity contribution is -0.141. The number of benzene rings is 1. The van der Waals surface area contributed by atoms with Gasteiger partial charge in [0.1, 0.15) is 0 Å². The van der Waals surface area contributed by atoms with Crippen LogP contribution in [-0.2, 0) is 16.1 Å². The molecule has 1 aliphatic heterocycles. The quantitative estimate of drug-likeness (QED) is 0.769. The van der Waals surface area contributed by atoms with Gasteiger partial charge in [-0.2, -0.15) is 0 Å². The van der Waals surface area contributed by atoms with Crippen LogP contribution in [0, 0.1) is 0 Å². The lowest BCUT2D eigenvalue weighted by Crippen LogP contribution is -2.46. The van der Waals surface area contributed by atoms with Crippen molar-refractivity contribution in [3.63, 3.8) is 0 Å². The van der Waals surface area contributed by atoms with Crippen LogP contribution >= 0.6 is 15.9 Å². The van der Waals surface area contributed by atoms with Crippen LogP contribution in [0.3, 0.4) is 0 Å². The van der Waals surface area contributed by atoms with Gasteiger partial charge in [-0.1, -0.05) is 34.1 Å². The third-order valence-electron chi connectivity index (χ3n) is 3.68. The number of rotatable bonds is 5. The van der Waals surface area contributed by atoms with E-state index in [2.05, 4.69) is 48.7 Å². The van der Waals surface area contributed by atoms with Crippen LogP contribution in [-0.4, -0.2) is 55.6 Å². The Labute approximate surface area is 128 Å². The summed E-state index contributed by atoms with van der Waals surface area (Å²) >= 11 is 3.60. The Morgan fingerprint density at radius 1 is 1.20 bits per heavy atom. The molecule has 0 saturated carbocycles. The maximum atomic E-state index is 11.1. The standard InChI is InChI=1S/C15H21BrN2O2/c1-20-15(19)6-7-17-8-10-18(11-9-17)12-13-4-2-3-5-14(13)16/h2-5H,6-12H2,1H3. The topological polar surface area (TPSA) is 32.8 Å².